The number of amides is 1. The molecule has 1 aromatic rings. The molecule has 86 valence electrons. The van der Waals surface area contributed by atoms with Gasteiger partial charge in [0.25, 0.3) is 5.91 Å². The summed E-state index contributed by atoms with van der Waals surface area (Å²) in [7, 11) is 0. The number of carbonyl (C=O) groups excluding carboxylic acids is 1. The average molecular weight is 218 g/mol. The Hall–Kier alpha value is -1.51. The number of hydrogen-bond donors (Lipinski definition) is 1. The number of likely N-dealkylation sites (tertiary alicyclic amines) is 1. The Morgan fingerprint density at radius 1 is 1.44 bits per heavy atom. The van der Waals surface area contributed by atoms with Gasteiger partial charge in [0.15, 0.2) is 0 Å². The number of nitrogens with zero attached hydrogens (tertiary/aromatic N) is 1. The fourth-order valence-electron chi connectivity index (χ4n) is 2.24. The summed E-state index contributed by atoms with van der Waals surface area (Å²) in [5, 5.41) is 0. The third kappa shape index (κ3) is 2.18. The van der Waals surface area contributed by atoms with Gasteiger partial charge in [-0.05, 0) is 30.9 Å². The van der Waals surface area contributed by atoms with Crippen LogP contribution in [0.25, 0.3) is 0 Å². The summed E-state index contributed by atoms with van der Waals surface area (Å²) in [5.41, 5.74) is 7.03. The summed E-state index contributed by atoms with van der Waals surface area (Å²) in [6.45, 7) is 3.90. The zero-order valence-corrected chi connectivity index (χ0v) is 9.65. The first-order valence-electron chi connectivity index (χ1n) is 5.82. The molecule has 0 spiro atoms. The zero-order chi connectivity index (χ0) is 11.5. The number of para-hydroxylation sites is 1. The molecule has 1 aliphatic heterocycles. The van der Waals surface area contributed by atoms with Crippen molar-refractivity contribution in [1.82, 2.24) is 4.90 Å². The number of nitrogens with two attached hydrogens (primary N) is 1. The van der Waals surface area contributed by atoms with E-state index in [-0.39, 0.29) is 5.91 Å². The Kier molecular flexibility index (Phi) is 3.13. The molecule has 1 fully saturated rings. The summed E-state index contributed by atoms with van der Waals surface area (Å²) in [6.07, 6.45) is 2.31. The highest BCUT2D eigenvalue weighted by molar-refractivity contribution is 5.99. The number of carbonyl (C=O) groups is 1. The van der Waals surface area contributed by atoms with Gasteiger partial charge < -0.3 is 10.6 Å². The molecule has 1 atom stereocenters. The van der Waals surface area contributed by atoms with Gasteiger partial charge in [-0.2, -0.15) is 0 Å². The number of nitrogen functional groups attached to an aromatic ring is 1. The number of anilines is 1. The zero-order valence-electron chi connectivity index (χ0n) is 9.65. The highest BCUT2D eigenvalue weighted by Gasteiger charge is 2.22. The topological polar surface area (TPSA) is 46.3 Å². The molecule has 1 heterocycles. The number of benzene rings is 1. The van der Waals surface area contributed by atoms with Crippen LogP contribution in [0.1, 0.15) is 30.1 Å². The third-order valence-corrected chi connectivity index (χ3v) is 3.14. The van der Waals surface area contributed by atoms with Crippen molar-refractivity contribution in [3.8, 4) is 0 Å². The molecule has 1 aliphatic rings. The first kappa shape index (κ1) is 11.0. The average Bonchev–Trinajstić information content (AvgIpc) is 2.29. The molecule has 1 saturated heterocycles. The molecule has 0 radical (unpaired) electrons. The van der Waals surface area contributed by atoms with Gasteiger partial charge in [0.1, 0.15) is 0 Å². The molecule has 0 bridgehead atoms. The van der Waals surface area contributed by atoms with Gasteiger partial charge in [0.2, 0.25) is 0 Å². The van der Waals surface area contributed by atoms with Gasteiger partial charge in [-0.15, -0.1) is 0 Å². The van der Waals surface area contributed by atoms with E-state index in [1.54, 1.807) is 12.1 Å². The van der Waals surface area contributed by atoms with E-state index < -0.39 is 0 Å². The first-order valence-corrected chi connectivity index (χ1v) is 5.82. The maximum Gasteiger partial charge on any atom is 0.255 e. The van der Waals surface area contributed by atoms with Crippen LogP contribution >= 0.6 is 0 Å². The van der Waals surface area contributed by atoms with Gasteiger partial charge in [-0.3, -0.25) is 4.79 Å². The van der Waals surface area contributed by atoms with Gasteiger partial charge >= 0.3 is 0 Å². The molecule has 1 amide bonds. The molecular weight excluding hydrogens is 200 g/mol. The van der Waals surface area contributed by atoms with E-state index in [4.69, 9.17) is 5.73 Å². The van der Waals surface area contributed by atoms with Crippen molar-refractivity contribution >= 4 is 11.6 Å². The molecule has 0 aromatic heterocycles. The van der Waals surface area contributed by atoms with Crippen molar-refractivity contribution in [2.75, 3.05) is 18.8 Å². The number of piperidine rings is 1. The van der Waals surface area contributed by atoms with Gasteiger partial charge in [0, 0.05) is 18.8 Å². The van der Waals surface area contributed by atoms with E-state index >= 15 is 0 Å². The minimum Gasteiger partial charge on any atom is -0.398 e. The minimum atomic E-state index is 0.0738. The second kappa shape index (κ2) is 4.56. The van der Waals surface area contributed by atoms with Crippen molar-refractivity contribution in [3.63, 3.8) is 0 Å². The number of hydrogen-bond acceptors (Lipinski definition) is 2. The van der Waals surface area contributed by atoms with Gasteiger partial charge in [-0.25, -0.2) is 0 Å². The maximum absolute atomic E-state index is 12.2. The van der Waals surface area contributed by atoms with Crippen LogP contribution in [-0.4, -0.2) is 23.9 Å². The lowest BCUT2D eigenvalue weighted by atomic mass is 9.99. The maximum atomic E-state index is 12.2. The lowest BCUT2D eigenvalue weighted by Crippen LogP contribution is -2.39. The molecule has 16 heavy (non-hydrogen) atoms. The molecule has 1 unspecified atom stereocenters. The van der Waals surface area contributed by atoms with Crippen molar-refractivity contribution in [2.24, 2.45) is 5.92 Å². The molecule has 0 saturated carbocycles. The Morgan fingerprint density at radius 2 is 2.19 bits per heavy atom. The number of rotatable bonds is 1. The predicted molar refractivity (Wildman–Crippen MR) is 65.2 cm³/mol. The lowest BCUT2D eigenvalue weighted by molar-refractivity contribution is 0.0684. The normalized spacial score (nSPS) is 20.8. The summed E-state index contributed by atoms with van der Waals surface area (Å²) < 4.78 is 0. The second-order valence-corrected chi connectivity index (χ2v) is 4.59. The van der Waals surface area contributed by atoms with Crippen LogP contribution in [0.3, 0.4) is 0 Å². The van der Waals surface area contributed by atoms with Crippen molar-refractivity contribution < 1.29 is 4.79 Å². The van der Waals surface area contributed by atoms with Crippen LogP contribution in [0.15, 0.2) is 24.3 Å². The van der Waals surface area contributed by atoms with Crippen LogP contribution in [-0.2, 0) is 0 Å². The van der Waals surface area contributed by atoms with Crippen molar-refractivity contribution in [2.45, 2.75) is 19.8 Å². The third-order valence-electron chi connectivity index (χ3n) is 3.14. The highest BCUT2D eigenvalue weighted by atomic mass is 16.2. The Bertz CT molecular complexity index is 389. The van der Waals surface area contributed by atoms with Crippen molar-refractivity contribution in [1.29, 1.82) is 0 Å². The lowest BCUT2D eigenvalue weighted by Gasteiger charge is -2.31. The van der Waals surface area contributed by atoms with E-state index in [1.807, 2.05) is 17.0 Å². The molecular formula is C13H18N2O. The largest absolute Gasteiger partial charge is 0.398 e. The van der Waals surface area contributed by atoms with E-state index in [0.29, 0.717) is 17.2 Å². The van der Waals surface area contributed by atoms with E-state index in [0.717, 1.165) is 19.5 Å². The summed E-state index contributed by atoms with van der Waals surface area (Å²) in [5.74, 6) is 0.673. The fraction of sp³-hybridized carbons (Fsp3) is 0.462. The standard InChI is InChI=1S/C13H18N2O/c1-10-5-4-8-15(9-10)13(16)11-6-2-3-7-12(11)14/h2-3,6-7,10H,4-5,8-9,14H2,1H3. The minimum absolute atomic E-state index is 0.0738. The van der Waals surface area contributed by atoms with Gasteiger partial charge in [-0.1, -0.05) is 19.1 Å². The van der Waals surface area contributed by atoms with E-state index in [2.05, 4.69) is 6.92 Å². The monoisotopic (exact) mass is 218 g/mol. The summed E-state index contributed by atoms with van der Waals surface area (Å²) >= 11 is 0. The molecule has 3 nitrogen and oxygen atoms in total. The molecule has 3 heteroatoms. The van der Waals surface area contributed by atoms with Crippen LogP contribution in [0.2, 0.25) is 0 Å². The fourth-order valence-corrected chi connectivity index (χ4v) is 2.24. The Labute approximate surface area is 96.2 Å². The summed E-state index contributed by atoms with van der Waals surface area (Å²) in [4.78, 5) is 14.1. The smallest absolute Gasteiger partial charge is 0.255 e. The predicted octanol–water partition coefficient (Wildman–Crippen LogP) is 2.14. The summed E-state index contributed by atoms with van der Waals surface area (Å²) in [6, 6.07) is 7.29. The van der Waals surface area contributed by atoms with Crippen LogP contribution in [0.5, 0.6) is 0 Å². The molecule has 2 N–H and O–H groups in total. The van der Waals surface area contributed by atoms with E-state index in [9.17, 15) is 4.79 Å². The van der Waals surface area contributed by atoms with Crippen LogP contribution in [0, 0.1) is 5.92 Å². The highest BCUT2D eigenvalue weighted by Crippen LogP contribution is 2.20. The van der Waals surface area contributed by atoms with E-state index in [1.165, 1.54) is 6.42 Å². The van der Waals surface area contributed by atoms with Crippen molar-refractivity contribution in [3.05, 3.63) is 29.8 Å². The molecule has 1 aromatic carbocycles. The Balaban J connectivity index is 2.16. The molecule has 0 aliphatic carbocycles. The quantitative estimate of drug-likeness (QED) is 0.734. The SMILES string of the molecule is CC1CCCN(C(=O)c2ccccc2N)C1. The van der Waals surface area contributed by atoms with Crippen LogP contribution < -0.4 is 5.73 Å². The molecule has 2 rings (SSSR count). The first-order chi connectivity index (χ1) is 7.68. The van der Waals surface area contributed by atoms with Crippen LogP contribution in [0.4, 0.5) is 5.69 Å². The Morgan fingerprint density at radius 3 is 2.88 bits per heavy atom. The second-order valence-electron chi connectivity index (χ2n) is 4.59. The van der Waals surface area contributed by atoms with Gasteiger partial charge in [0.05, 0.1) is 5.56 Å².